The molecule has 0 aliphatic carbocycles. The third kappa shape index (κ3) is 2.42. The van der Waals surface area contributed by atoms with Gasteiger partial charge in [-0.15, -0.1) is 0 Å². The molecule has 0 atom stereocenters. The first kappa shape index (κ1) is 19.3. The van der Waals surface area contributed by atoms with Gasteiger partial charge in [0.15, 0.2) is 0 Å². The van der Waals surface area contributed by atoms with Crippen molar-refractivity contribution in [2.75, 3.05) is 4.81 Å². The standard InChI is InChI=1S/C31H19BN4O/c1-5-13-25-21(9-1)22-10-2-6-14-26(22)34(25)20-17-18-30-29(19-20)35-27-15-7-3-11-23(27)31-33-24-12-4-8-16-28(24)36(31)32(35)37-30/h1-19H. The minimum absolute atomic E-state index is 0.333. The number of nitrogens with zero attached hydrogens (tertiary/aromatic N) is 4. The van der Waals surface area contributed by atoms with Crippen LogP contribution in [0.4, 0.5) is 11.4 Å². The van der Waals surface area contributed by atoms with Gasteiger partial charge in [-0.2, -0.15) is 0 Å². The monoisotopic (exact) mass is 474 g/mol. The van der Waals surface area contributed by atoms with Gasteiger partial charge in [-0.3, -0.25) is 0 Å². The van der Waals surface area contributed by atoms with E-state index in [9.17, 15) is 0 Å². The Kier molecular flexibility index (Phi) is 3.55. The molecule has 0 radical (unpaired) electrons. The molecule has 0 saturated heterocycles. The Balaban J connectivity index is 1.31. The van der Waals surface area contributed by atoms with E-state index in [0.717, 1.165) is 45.2 Å². The maximum absolute atomic E-state index is 6.65. The molecule has 2 aliphatic rings. The van der Waals surface area contributed by atoms with Crippen LogP contribution in [0.5, 0.6) is 5.75 Å². The van der Waals surface area contributed by atoms with Crippen molar-refractivity contribution in [3.63, 3.8) is 0 Å². The maximum atomic E-state index is 6.65. The summed E-state index contributed by atoms with van der Waals surface area (Å²) in [7, 11) is -0.333. The summed E-state index contributed by atoms with van der Waals surface area (Å²) in [4.78, 5) is 7.31. The summed E-state index contributed by atoms with van der Waals surface area (Å²) < 4.78 is 11.2. The predicted octanol–water partition coefficient (Wildman–Crippen LogP) is 7.18. The summed E-state index contributed by atoms with van der Waals surface area (Å²) in [5, 5.41) is 2.51. The summed E-state index contributed by atoms with van der Waals surface area (Å²) in [6, 6.07) is 40.5. The van der Waals surface area contributed by atoms with E-state index in [1.165, 1.54) is 21.8 Å². The van der Waals surface area contributed by atoms with Crippen LogP contribution < -0.4 is 9.47 Å². The van der Waals surface area contributed by atoms with Crippen LogP contribution in [0.15, 0.2) is 115 Å². The van der Waals surface area contributed by atoms with Crippen LogP contribution in [0, 0.1) is 0 Å². The van der Waals surface area contributed by atoms with E-state index < -0.39 is 0 Å². The molecule has 0 spiro atoms. The SMILES string of the molecule is c1ccc2c(c1)-c1nc3ccccc3n1B1Oc3ccc(-n4c5ccccc5c5ccccc54)cc3N12. The number of imidazole rings is 1. The number of anilines is 2. The molecule has 0 unspecified atom stereocenters. The van der Waals surface area contributed by atoms with Gasteiger partial charge in [0.05, 0.1) is 27.8 Å². The van der Waals surface area contributed by atoms with Crippen LogP contribution in [0.1, 0.15) is 0 Å². The average Bonchev–Trinajstić information content (AvgIpc) is 3.62. The Morgan fingerprint density at radius 1 is 0.622 bits per heavy atom. The van der Waals surface area contributed by atoms with Gasteiger partial charge in [-0.05, 0) is 54.6 Å². The predicted molar refractivity (Wildman–Crippen MR) is 150 cm³/mol. The van der Waals surface area contributed by atoms with Crippen LogP contribution in [-0.2, 0) is 0 Å². The van der Waals surface area contributed by atoms with E-state index in [1.54, 1.807) is 0 Å². The van der Waals surface area contributed by atoms with E-state index in [2.05, 4.69) is 123 Å². The second-order valence-electron chi connectivity index (χ2n) is 9.65. The molecule has 6 heteroatoms. The largest absolute Gasteiger partial charge is 0.629 e. The molecule has 0 N–H and O–H groups in total. The molecule has 37 heavy (non-hydrogen) atoms. The van der Waals surface area contributed by atoms with Crippen molar-refractivity contribution < 1.29 is 4.65 Å². The first-order valence-corrected chi connectivity index (χ1v) is 12.5. The number of benzene rings is 5. The fourth-order valence-corrected chi connectivity index (χ4v) is 6.17. The molecule has 0 fully saturated rings. The lowest BCUT2D eigenvalue weighted by atomic mass is 9.89. The minimum atomic E-state index is -0.333. The van der Waals surface area contributed by atoms with Crippen molar-refractivity contribution in [3.05, 3.63) is 115 Å². The Morgan fingerprint density at radius 2 is 1.30 bits per heavy atom. The molecule has 172 valence electrons. The van der Waals surface area contributed by atoms with E-state index in [-0.39, 0.29) is 7.19 Å². The molecule has 0 bridgehead atoms. The van der Waals surface area contributed by atoms with E-state index in [0.29, 0.717) is 0 Å². The van der Waals surface area contributed by atoms with Crippen LogP contribution in [0.25, 0.3) is 49.9 Å². The quantitative estimate of drug-likeness (QED) is 0.237. The lowest BCUT2D eigenvalue weighted by Gasteiger charge is -2.30. The number of rotatable bonds is 1. The number of para-hydroxylation sites is 5. The van der Waals surface area contributed by atoms with Gasteiger partial charge >= 0.3 is 7.19 Å². The van der Waals surface area contributed by atoms with Crippen LogP contribution in [-0.4, -0.2) is 21.2 Å². The first-order chi connectivity index (χ1) is 18.4. The summed E-state index contributed by atoms with van der Waals surface area (Å²) in [5.41, 5.74) is 8.81. The lowest BCUT2D eigenvalue weighted by molar-refractivity contribution is 0.578. The fourth-order valence-electron chi connectivity index (χ4n) is 6.17. The normalized spacial score (nSPS) is 13.5. The second kappa shape index (κ2) is 6.83. The van der Waals surface area contributed by atoms with E-state index >= 15 is 0 Å². The zero-order chi connectivity index (χ0) is 24.1. The molecule has 5 nitrogen and oxygen atoms in total. The van der Waals surface area contributed by atoms with Crippen molar-refractivity contribution in [2.45, 2.75) is 0 Å². The van der Waals surface area contributed by atoms with Crippen molar-refractivity contribution in [1.82, 2.24) is 14.0 Å². The van der Waals surface area contributed by atoms with Gasteiger partial charge in [0.1, 0.15) is 11.6 Å². The Bertz CT molecular complexity index is 2000. The Labute approximate surface area is 212 Å². The van der Waals surface area contributed by atoms with Crippen LogP contribution in [0.2, 0.25) is 0 Å². The first-order valence-electron chi connectivity index (χ1n) is 12.5. The summed E-state index contributed by atoms with van der Waals surface area (Å²) in [5.74, 6) is 1.81. The van der Waals surface area contributed by atoms with Gasteiger partial charge in [-0.25, -0.2) is 4.98 Å². The highest BCUT2D eigenvalue weighted by molar-refractivity contribution is 6.62. The smallest absolute Gasteiger partial charge is 0.521 e. The average molecular weight is 474 g/mol. The number of aromatic nitrogens is 3. The minimum Gasteiger partial charge on any atom is -0.521 e. The number of fused-ring (bicyclic) bond motifs is 13. The van der Waals surface area contributed by atoms with Gasteiger partial charge in [0, 0.05) is 27.7 Å². The Morgan fingerprint density at radius 3 is 2.11 bits per heavy atom. The molecule has 2 aromatic heterocycles. The molecular weight excluding hydrogens is 455 g/mol. The molecule has 5 aromatic carbocycles. The van der Waals surface area contributed by atoms with Gasteiger partial charge in [-0.1, -0.05) is 60.7 Å². The Hall–Kier alpha value is -4.97. The highest BCUT2D eigenvalue weighted by atomic mass is 16.5. The van der Waals surface area contributed by atoms with Crippen molar-refractivity contribution in [2.24, 2.45) is 0 Å². The lowest BCUT2D eigenvalue weighted by Crippen LogP contribution is -2.46. The topological polar surface area (TPSA) is 35.2 Å². The van der Waals surface area contributed by atoms with Crippen molar-refractivity contribution in [3.8, 4) is 22.8 Å². The fraction of sp³-hybridized carbons (Fsp3) is 0. The van der Waals surface area contributed by atoms with E-state index in [4.69, 9.17) is 9.64 Å². The highest BCUT2D eigenvalue weighted by Crippen LogP contribution is 2.49. The highest BCUT2D eigenvalue weighted by Gasteiger charge is 2.47. The molecule has 2 aliphatic heterocycles. The van der Waals surface area contributed by atoms with Gasteiger partial charge in [0.2, 0.25) is 0 Å². The van der Waals surface area contributed by atoms with Gasteiger partial charge < -0.3 is 18.5 Å². The zero-order valence-electron chi connectivity index (χ0n) is 19.7. The molecule has 0 amide bonds. The summed E-state index contributed by atoms with van der Waals surface area (Å²) in [6.45, 7) is 0. The molecular formula is C31H19BN4O. The number of hydrogen-bond donors (Lipinski definition) is 0. The third-order valence-electron chi connectivity index (χ3n) is 7.71. The third-order valence-corrected chi connectivity index (χ3v) is 7.71. The van der Waals surface area contributed by atoms with Crippen molar-refractivity contribution in [1.29, 1.82) is 0 Å². The number of hydrogen-bond acceptors (Lipinski definition) is 3. The maximum Gasteiger partial charge on any atom is 0.629 e. The second-order valence-corrected chi connectivity index (χ2v) is 9.65. The van der Waals surface area contributed by atoms with Crippen LogP contribution in [0.3, 0.4) is 0 Å². The molecule has 9 rings (SSSR count). The molecule has 0 saturated carbocycles. The van der Waals surface area contributed by atoms with Crippen molar-refractivity contribution >= 4 is 51.4 Å². The summed E-state index contributed by atoms with van der Waals surface area (Å²) in [6.07, 6.45) is 0. The zero-order valence-corrected chi connectivity index (χ0v) is 19.7. The summed E-state index contributed by atoms with van der Waals surface area (Å²) >= 11 is 0. The van der Waals surface area contributed by atoms with Gasteiger partial charge in [0.25, 0.3) is 0 Å². The molecule has 4 heterocycles. The van der Waals surface area contributed by atoms with Crippen LogP contribution >= 0.6 is 0 Å². The molecule has 7 aromatic rings. The van der Waals surface area contributed by atoms with E-state index in [1.807, 2.05) is 6.07 Å².